The van der Waals surface area contributed by atoms with Crippen LogP contribution in [0.2, 0.25) is 0 Å². The number of carbonyl (C=O) groups is 2. The highest BCUT2D eigenvalue weighted by Gasteiger charge is 2.24. The number of anilines is 1. The molecule has 0 aromatic carbocycles. The van der Waals surface area contributed by atoms with Gasteiger partial charge in [-0.2, -0.15) is 0 Å². The van der Waals surface area contributed by atoms with Gasteiger partial charge in [-0.15, -0.1) is 0 Å². The van der Waals surface area contributed by atoms with Crippen molar-refractivity contribution < 1.29 is 9.59 Å². The molecule has 1 aliphatic heterocycles. The molecule has 1 saturated heterocycles. The summed E-state index contributed by atoms with van der Waals surface area (Å²) in [5.74, 6) is 1.07. The molecule has 0 saturated carbocycles. The van der Waals surface area contributed by atoms with Crippen LogP contribution < -0.4 is 15.5 Å². The van der Waals surface area contributed by atoms with E-state index in [0.717, 1.165) is 6.42 Å². The largest absolute Gasteiger partial charge is 0.354 e. The Morgan fingerprint density at radius 2 is 1.76 bits per heavy atom. The Labute approximate surface area is 149 Å². The molecule has 8 heteroatoms. The Hall–Kier alpha value is -2.38. The fraction of sp³-hybridized carbons (Fsp3) is 0.647. The summed E-state index contributed by atoms with van der Waals surface area (Å²) in [6, 6.07) is 1.02. The lowest BCUT2D eigenvalue weighted by Crippen LogP contribution is -2.55. The summed E-state index contributed by atoms with van der Waals surface area (Å²) in [5, 5.41) is 5.62. The van der Waals surface area contributed by atoms with E-state index in [9.17, 15) is 9.59 Å². The summed E-state index contributed by atoms with van der Waals surface area (Å²) in [7, 11) is 0. The first-order valence-electron chi connectivity index (χ1n) is 8.82. The van der Waals surface area contributed by atoms with Crippen LogP contribution in [0.5, 0.6) is 0 Å². The van der Waals surface area contributed by atoms with E-state index in [-0.39, 0.29) is 11.9 Å². The van der Waals surface area contributed by atoms with Gasteiger partial charge in [0.25, 0.3) is 0 Å². The summed E-state index contributed by atoms with van der Waals surface area (Å²) in [6.45, 7) is 9.05. The molecule has 1 fully saturated rings. The van der Waals surface area contributed by atoms with Crippen LogP contribution in [0.3, 0.4) is 0 Å². The Morgan fingerprint density at radius 1 is 1.12 bits per heavy atom. The minimum atomic E-state index is -0.546. The predicted molar refractivity (Wildman–Crippen MR) is 96.3 cm³/mol. The topological polar surface area (TPSA) is 90.5 Å². The molecule has 1 atom stereocenters. The van der Waals surface area contributed by atoms with Crippen LogP contribution >= 0.6 is 0 Å². The summed E-state index contributed by atoms with van der Waals surface area (Å²) in [5.41, 5.74) is 0. The smallest absolute Gasteiger partial charge is 0.318 e. The van der Waals surface area contributed by atoms with Crippen LogP contribution in [-0.4, -0.2) is 65.6 Å². The second-order valence-electron chi connectivity index (χ2n) is 6.67. The van der Waals surface area contributed by atoms with Crippen molar-refractivity contribution >= 4 is 17.9 Å². The van der Waals surface area contributed by atoms with E-state index in [1.54, 1.807) is 30.3 Å². The fourth-order valence-corrected chi connectivity index (χ4v) is 2.54. The quantitative estimate of drug-likeness (QED) is 0.796. The van der Waals surface area contributed by atoms with Crippen molar-refractivity contribution in [1.82, 2.24) is 25.5 Å². The molecule has 25 heavy (non-hydrogen) atoms. The minimum Gasteiger partial charge on any atom is -0.354 e. The molecule has 2 heterocycles. The number of carbonyl (C=O) groups excluding carboxylic acids is 2. The first-order chi connectivity index (χ1) is 12.0. The highest BCUT2D eigenvalue weighted by Crippen LogP contribution is 2.09. The highest BCUT2D eigenvalue weighted by atomic mass is 16.2. The maximum absolute atomic E-state index is 12.3. The van der Waals surface area contributed by atoms with Crippen LogP contribution in [0.25, 0.3) is 0 Å². The third-order valence-electron chi connectivity index (χ3n) is 4.16. The molecule has 1 aromatic heterocycles. The van der Waals surface area contributed by atoms with Gasteiger partial charge < -0.3 is 20.4 Å². The predicted octanol–water partition coefficient (Wildman–Crippen LogP) is 0.859. The van der Waals surface area contributed by atoms with Gasteiger partial charge in [0, 0.05) is 45.1 Å². The van der Waals surface area contributed by atoms with Crippen LogP contribution in [0.15, 0.2) is 18.5 Å². The Bertz CT molecular complexity index is 558. The van der Waals surface area contributed by atoms with Crippen molar-refractivity contribution in [2.24, 2.45) is 5.92 Å². The van der Waals surface area contributed by atoms with Gasteiger partial charge >= 0.3 is 6.03 Å². The number of aromatic nitrogens is 2. The SMILES string of the molecule is CC(C)CCNC(=O)C(C)NC(=O)N1CCN(c2ncccn2)CC1. The van der Waals surface area contributed by atoms with Gasteiger partial charge in [-0.3, -0.25) is 4.79 Å². The molecule has 2 rings (SSSR count). The Morgan fingerprint density at radius 3 is 2.36 bits per heavy atom. The van der Waals surface area contributed by atoms with Crippen molar-refractivity contribution in [2.75, 3.05) is 37.6 Å². The summed E-state index contributed by atoms with van der Waals surface area (Å²) < 4.78 is 0. The van der Waals surface area contributed by atoms with Crippen molar-refractivity contribution in [3.63, 3.8) is 0 Å². The fourth-order valence-electron chi connectivity index (χ4n) is 2.54. The summed E-state index contributed by atoms with van der Waals surface area (Å²) in [6.07, 6.45) is 4.35. The van der Waals surface area contributed by atoms with Crippen LogP contribution in [-0.2, 0) is 4.79 Å². The normalized spacial score (nSPS) is 15.8. The Kier molecular flexibility index (Phi) is 6.97. The van der Waals surface area contributed by atoms with Crippen LogP contribution in [0.1, 0.15) is 27.2 Å². The number of nitrogens with zero attached hydrogens (tertiary/aromatic N) is 4. The average molecular weight is 348 g/mol. The first kappa shape index (κ1) is 19.0. The van der Waals surface area contributed by atoms with Gasteiger partial charge in [0.1, 0.15) is 6.04 Å². The number of hydrogen-bond acceptors (Lipinski definition) is 5. The number of nitrogens with one attached hydrogen (secondary N) is 2. The molecule has 0 radical (unpaired) electrons. The number of piperazine rings is 1. The third-order valence-corrected chi connectivity index (χ3v) is 4.16. The lowest BCUT2D eigenvalue weighted by molar-refractivity contribution is -0.122. The van der Waals surface area contributed by atoms with E-state index in [1.807, 2.05) is 4.90 Å². The van der Waals surface area contributed by atoms with Crippen molar-refractivity contribution in [3.8, 4) is 0 Å². The summed E-state index contributed by atoms with van der Waals surface area (Å²) in [4.78, 5) is 36.6. The second-order valence-corrected chi connectivity index (χ2v) is 6.67. The molecule has 0 spiro atoms. The average Bonchev–Trinajstić information content (AvgIpc) is 2.62. The maximum Gasteiger partial charge on any atom is 0.318 e. The molecular weight excluding hydrogens is 320 g/mol. The number of urea groups is 1. The summed E-state index contributed by atoms with van der Waals surface area (Å²) >= 11 is 0. The van der Waals surface area contributed by atoms with Crippen molar-refractivity contribution in [3.05, 3.63) is 18.5 Å². The highest BCUT2D eigenvalue weighted by molar-refractivity contribution is 5.86. The van der Waals surface area contributed by atoms with Gasteiger partial charge in [-0.1, -0.05) is 13.8 Å². The number of hydrogen-bond donors (Lipinski definition) is 2. The van der Waals surface area contributed by atoms with Gasteiger partial charge in [-0.25, -0.2) is 14.8 Å². The maximum atomic E-state index is 12.3. The van der Waals surface area contributed by atoms with Gasteiger partial charge in [0.05, 0.1) is 0 Å². The third kappa shape index (κ3) is 5.88. The lowest BCUT2D eigenvalue weighted by Gasteiger charge is -2.35. The molecule has 138 valence electrons. The van der Waals surface area contributed by atoms with E-state index in [4.69, 9.17) is 0 Å². The van der Waals surface area contributed by atoms with Gasteiger partial charge in [0.2, 0.25) is 11.9 Å². The molecular formula is C17H28N6O2. The first-order valence-corrected chi connectivity index (χ1v) is 8.82. The molecule has 1 aromatic rings. The zero-order valence-electron chi connectivity index (χ0n) is 15.2. The van der Waals surface area contributed by atoms with E-state index >= 15 is 0 Å². The molecule has 1 unspecified atom stereocenters. The van der Waals surface area contributed by atoms with Crippen LogP contribution in [0.4, 0.5) is 10.7 Å². The number of rotatable bonds is 6. The van der Waals surface area contributed by atoms with Crippen molar-refractivity contribution in [1.29, 1.82) is 0 Å². The van der Waals surface area contributed by atoms with Crippen molar-refractivity contribution in [2.45, 2.75) is 33.2 Å². The van der Waals surface area contributed by atoms with E-state index < -0.39 is 6.04 Å². The van der Waals surface area contributed by atoms with E-state index in [0.29, 0.717) is 44.6 Å². The second kappa shape index (κ2) is 9.19. The molecule has 0 aliphatic carbocycles. The lowest BCUT2D eigenvalue weighted by atomic mass is 10.1. The monoisotopic (exact) mass is 348 g/mol. The zero-order chi connectivity index (χ0) is 18.2. The van der Waals surface area contributed by atoms with Gasteiger partial charge in [-0.05, 0) is 25.3 Å². The van der Waals surface area contributed by atoms with E-state index in [1.165, 1.54) is 0 Å². The Balaban J connectivity index is 1.73. The molecule has 8 nitrogen and oxygen atoms in total. The molecule has 0 bridgehead atoms. The van der Waals surface area contributed by atoms with Gasteiger partial charge in [0.15, 0.2) is 0 Å². The van der Waals surface area contributed by atoms with Crippen LogP contribution in [0, 0.1) is 5.92 Å². The minimum absolute atomic E-state index is 0.148. The zero-order valence-corrected chi connectivity index (χ0v) is 15.2. The molecule has 1 aliphatic rings. The standard InChI is InChI=1S/C17H28N6O2/c1-13(2)5-8-18-15(24)14(3)21-17(25)23-11-9-22(10-12-23)16-19-6-4-7-20-16/h4,6-7,13-14H,5,8-12H2,1-3H3,(H,18,24)(H,21,25). The van der Waals surface area contributed by atoms with E-state index in [2.05, 4.69) is 34.4 Å². The molecule has 2 N–H and O–H groups in total. The molecule has 3 amide bonds. The number of amides is 3.